The van der Waals surface area contributed by atoms with Crippen LogP contribution in [-0.4, -0.2) is 16.0 Å². The monoisotopic (exact) mass is 292 g/mol. The van der Waals surface area contributed by atoms with Crippen LogP contribution in [0.3, 0.4) is 0 Å². The minimum absolute atomic E-state index is 0.00176. The molecular weight excluding hydrogens is 280 g/mol. The van der Waals surface area contributed by atoms with Gasteiger partial charge in [-0.25, -0.2) is 4.79 Å². The number of aromatic carboxylic acids is 1. The van der Waals surface area contributed by atoms with Crippen molar-refractivity contribution in [1.82, 2.24) is 0 Å². The zero-order valence-electron chi connectivity index (χ0n) is 10.6. The number of nitrogens with one attached hydrogen (secondary N) is 1. The maximum Gasteiger partial charge on any atom is 0.342 e. The van der Waals surface area contributed by atoms with Crippen molar-refractivity contribution in [3.8, 4) is 0 Å². The molecule has 1 aromatic carbocycles. The van der Waals surface area contributed by atoms with Crippen LogP contribution in [0.25, 0.3) is 0 Å². The lowest BCUT2D eigenvalue weighted by atomic mass is 10.1. The van der Waals surface area contributed by atoms with Crippen molar-refractivity contribution in [2.75, 3.05) is 5.32 Å². The average Bonchev–Trinajstić information content (AvgIpc) is 2.92. The van der Waals surface area contributed by atoms with E-state index >= 15 is 0 Å². The van der Waals surface area contributed by atoms with Gasteiger partial charge in [-0.15, -0.1) is 11.3 Å². The SMILES string of the molecule is CC(Nc1ccc([N+](=O)[O-])c(C(=O)O)c1)c1cccs1. The van der Waals surface area contributed by atoms with Crippen LogP contribution in [0.5, 0.6) is 0 Å². The van der Waals surface area contributed by atoms with Crippen LogP contribution in [0, 0.1) is 10.1 Å². The van der Waals surface area contributed by atoms with Crippen molar-refractivity contribution in [2.45, 2.75) is 13.0 Å². The third-order valence-corrected chi connectivity index (χ3v) is 3.83. The summed E-state index contributed by atoms with van der Waals surface area (Å²) in [6.45, 7) is 1.94. The summed E-state index contributed by atoms with van der Waals surface area (Å²) in [5, 5.41) is 24.9. The maximum absolute atomic E-state index is 11.1. The average molecular weight is 292 g/mol. The van der Waals surface area contributed by atoms with Crippen molar-refractivity contribution in [3.63, 3.8) is 0 Å². The Labute approximate surface area is 118 Å². The minimum atomic E-state index is -1.32. The molecule has 1 unspecified atom stereocenters. The molecule has 7 heteroatoms. The van der Waals surface area contributed by atoms with E-state index in [-0.39, 0.29) is 11.6 Å². The van der Waals surface area contributed by atoms with Gasteiger partial charge < -0.3 is 10.4 Å². The molecule has 0 aliphatic carbocycles. The normalized spacial score (nSPS) is 11.8. The van der Waals surface area contributed by atoms with Gasteiger partial charge in [0, 0.05) is 16.6 Å². The van der Waals surface area contributed by atoms with Crippen LogP contribution in [-0.2, 0) is 0 Å². The quantitative estimate of drug-likeness (QED) is 0.649. The summed E-state index contributed by atoms with van der Waals surface area (Å²) in [6, 6.07) is 7.88. The molecule has 0 bridgehead atoms. The van der Waals surface area contributed by atoms with Gasteiger partial charge in [-0.3, -0.25) is 10.1 Å². The Hall–Kier alpha value is -2.41. The molecule has 1 atom stereocenters. The topological polar surface area (TPSA) is 92.5 Å². The highest BCUT2D eigenvalue weighted by Gasteiger charge is 2.20. The lowest BCUT2D eigenvalue weighted by Crippen LogP contribution is -2.08. The van der Waals surface area contributed by atoms with Gasteiger partial charge in [0.05, 0.1) is 11.0 Å². The molecule has 104 valence electrons. The van der Waals surface area contributed by atoms with E-state index in [1.54, 1.807) is 11.3 Å². The summed E-state index contributed by atoms with van der Waals surface area (Å²) in [6.07, 6.45) is 0. The van der Waals surface area contributed by atoms with Gasteiger partial charge in [-0.2, -0.15) is 0 Å². The highest BCUT2D eigenvalue weighted by molar-refractivity contribution is 7.10. The van der Waals surface area contributed by atoms with Crippen LogP contribution in [0.1, 0.15) is 28.2 Å². The van der Waals surface area contributed by atoms with Crippen LogP contribution in [0.2, 0.25) is 0 Å². The number of nitro groups is 1. The molecule has 0 radical (unpaired) electrons. The second kappa shape index (κ2) is 5.70. The van der Waals surface area contributed by atoms with Crippen molar-refractivity contribution in [3.05, 3.63) is 56.3 Å². The van der Waals surface area contributed by atoms with Crippen LogP contribution in [0.15, 0.2) is 35.7 Å². The van der Waals surface area contributed by atoms with E-state index in [0.29, 0.717) is 5.69 Å². The van der Waals surface area contributed by atoms with E-state index in [1.165, 1.54) is 18.2 Å². The number of carbonyl (C=O) groups is 1. The Balaban J connectivity index is 2.27. The number of hydrogen-bond acceptors (Lipinski definition) is 5. The molecular formula is C13H12N2O4S. The first-order valence-corrected chi connectivity index (χ1v) is 6.68. The van der Waals surface area contributed by atoms with Crippen molar-refractivity contribution < 1.29 is 14.8 Å². The summed E-state index contributed by atoms with van der Waals surface area (Å²) < 4.78 is 0. The molecule has 1 heterocycles. The number of anilines is 1. The van der Waals surface area contributed by atoms with E-state index in [9.17, 15) is 14.9 Å². The lowest BCUT2D eigenvalue weighted by molar-refractivity contribution is -0.385. The van der Waals surface area contributed by atoms with E-state index in [1.807, 2.05) is 24.4 Å². The smallest absolute Gasteiger partial charge is 0.342 e. The van der Waals surface area contributed by atoms with Crippen molar-refractivity contribution in [1.29, 1.82) is 0 Å². The summed E-state index contributed by atoms with van der Waals surface area (Å²) in [5.74, 6) is -1.32. The second-order valence-electron chi connectivity index (χ2n) is 4.18. The predicted octanol–water partition coefficient (Wildman–Crippen LogP) is 3.53. The van der Waals surface area contributed by atoms with Gasteiger partial charge >= 0.3 is 5.97 Å². The fourth-order valence-corrected chi connectivity index (χ4v) is 2.55. The number of carboxylic acids is 1. The largest absolute Gasteiger partial charge is 0.477 e. The molecule has 0 aliphatic heterocycles. The van der Waals surface area contributed by atoms with Crippen LogP contribution >= 0.6 is 11.3 Å². The molecule has 0 spiro atoms. The number of rotatable bonds is 5. The van der Waals surface area contributed by atoms with E-state index in [0.717, 1.165) is 4.88 Å². The van der Waals surface area contributed by atoms with Gasteiger partial charge in [-0.1, -0.05) is 6.07 Å². The zero-order valence-corrected chi connectivity index (χ0v) is 11.4. The number of benzene rings is 1. The van der Waals surface area contributed by atoms with E-state index in [2.05, 4.69) is 5.32 Å². The summed E-state index contributed by atoms with van der Waals surface area (Å²) in [5.41, 5.74) is -0.195. The summed E-state index contributed by atoms with van der Waals surface area (Å²) in [4.78, 5) is 22.2. The summed E-state index contributed by atoms with van der Waals surface area (Å²) in [7, 11) is 0. The highest BCUT2D eigenvalue weighted by atomic mass is 32.1. The second-order valence-corrected chi connectivity index (χ2v) is 5.15. The Morgan fingerprint density at radius 2 is 2.20 bits per heavy atom. The van der Waals surface area contributed by atoms with Gasteiger partial charge in [-0.05, 0) is 30.5 Å². The fourth-order valence-electron chi connectivity index (χ4n) is 1.82. The maximum atomic E-state index is 11.1. The molecule has 0 aliphatic rings. The lowest BCUT2D eigenvalue weighted by Gasteiger charge is -2.14. The first-order valence-electron chi connectivity index (χ1n) is 5.80. The Bertz CT molecular complexity index is 640. The molecule has 2 aromatic rings. The number of thiophene rings is 1. The van der Waals surface area contributed by atoms with Gasteiger partial charge in [0.2, 0.25) is 0 Å². The first-order chi connectivity index (χ1) is 9.49. The molecule has 2 rings (SSSR count). The predicted molar refractivity (Wildman–Crippen MR) is 76.4 cm³/mol. The molecule has 1 aromatic heterocycles. The zero-order chi connectivity index (χ0) is 14.7. The Morgan fingerprint density at radius 3 is 2.75 bits per heavy atom. The van der Waals surface area contributed by atoms with Gasteiger partial charge in [0.1, 0.15) is 5.56 Å². The third kappa shape index (κ3) is 2.94. The van der Waals surface area contributed by atoms with E-state index in [4.69, 9.17) is 5.11 Å². The fraction of sp³-hybridized carbons (Fsp3) is 0.154. The van der Waals surface area contributed by atoms with Crippen LogP contribution < -0.4 is 5.32 Å². The van der Waals surface area contributed by atoms with Crippen molar-refractivity contribution in [2.24, 2.45) is 0 Å². The van der Waals surface area contributed by atoms with Gasteiger partial charge in [0.15, 0.2) is 0 Å². The third-order valence-electron chi connectivity index (χ3n) is 2.78. The molecule has 0 saturated heterocycles. The van der Waals surface area contributed by atoms with E-state index < -0.39 is 16.6 Å². The van der Waals surface area contributed by atoms with Gasteiger partial charge in [0.25, 0.3) is 5.69 Å². The Kier molecular flexibility index (Phi) is 3.99. The molecule has 2 N–H and O–H groups in total. The first kappa shape index (κ1) is 14.0. The minimum Gasteiger partial charge on any atom is -0.477 e. The number of carboxylic acid groups (broad SMARTS) is 1. The summed E-state index contributed by atoms with van der Waals surface area (Å²) >= 11 is 1.58. The number of nitrogens with zero attached hydrogens (tertiary/aromatic N) is 1. The molecule has 0 fully saturated rings. The molecule has 6 nitrogen and oxygen atoms in total. The number of nitro benzene ring substituents is 1. The number of hydrogen-bond donors (Lipinski definition) is 2. The van der Waals surface area contributed by atoms with Crippen LogP contribution in [0.4, 0.5) is 11.4 Å². The molecule has 20 heavy (non-hydrogen) atoms. The standard InChI is InChI=1S/C13H12N2O4S/c1-8(12-3-2-6-20-12)14-9-4-5-11(15(18)19)10(7-9)13(16)17/h2-8,14H,1H3,(H,16,17). The molecule has 0 amide bonds. The highest BCUT2D eigenvalue weighted by Crippen LogP contribution is 2.27. The van der Waals surface area contributed by atoms with Crippen molar-refractivity contribution >= 4 is 28.7 Å². The molecule has 0 saturated carbocycles. The Morgan fingerprint density at radius 1 is 1.45 bits per heavy atom.